The van der Waals surface area contributed by atoms with Gasteiger partial charge in [-0.1, -0.05) is 12.1 Å². The molecule has 2 fully saturated rings. The van der Waals surface area contributed by atoms with Crippen LogP contribution >= 0.6 is 0 Å². The molecule has 1 heterocycles. The van der Waals surface area contributed by atoms with Gasteiger partial charge in [0.25, 0.3) is 0 Å². The van der Waals surface area contributed by atoms with Crippen LogP contribution in [0, 0.1) is 11.7 Å². The van der Waals surface area contributed by atoms with Gasteiger partial charge in [0.1, 0.15) is 17.3 Å². The van der Waals surface area contributed by atoms with Crippen molar-refractivity contribution >= 4 is 17.5 Å². The van der Waals surface area contributed by atoms with Gasteiger partial charge in [-0.05, 0) is 43.2 Å². The number of hydrogen-bond donors (Lipinski definition) is 0. The van der Waals surface area contributed by atoms with E-state index < -0.39 is 11.7 Å². The standard InChI is InChI=1S/C23H25FN2O4/c1-29-18-9-10-21(30-2)15(11-18)13-25(17-7-8-17)23(28)16-12-22(27)26(14-16)20-6-4-3-5-19(20)24/h3-6,9-11,16-17H,7-8,12-14H2,1-2H3. The summed E-state index contributed by atoms with van der Waals surface area (Å²) < 4.78 is 24.9. The van der Waals surface area contributed by atoms with Crippen LogP contribution in [0.3, 0.4) is 0 Å². The summed E-state index contributed by atoms with van der Waals surface area (Å²) in [6.45, 7) is 0.575. The number of amides is 2. The maximum absolute atomic E-state index is 14.2. The largest absolute Gasteiger partial charge is 0.497 e. The van der Waals surface area contributed by atoms with Gasteiger partial charge in [-0.2, -0.15) is 0 Å². The van der Waals surface area contributed by atoms with E-state index >= 15 is 0 Å². The van der Waals surface area contributed by atoms with Crippen LogP contribution in [0.15, 0.2) is 42.5 Å². The van der Waals surface area contributed by atoms with Crippen molar-refractivity contribution in [3.63, 3.8) is 0 Å². The van der Waals surface area contributed by atoms with Gasteiger partial charge in [0, 0.05) is 31.1 Å². The molecule has 0 radical (unpaired) electrons. The summed E-state index contributed by atoms with van der Waals surface area (Å²) >= 11 is 0. The molecule has 158 valence electrons. The van der Waals surface area contributed by atoms with Crippen LogP contribution < -0.4 is 14.4 Å². The van der Waals surface area contributed by atoms with Gasteiger partial charge in [-0.15, -0.1) is 0 Å². The fraction of sp³-hybridized carbons (Fsp3) is 0.391. The van der Waals surface area contributed by atoms with Gasteiger partial charge in [-0.25, -0.2) is 4.39 Å². The second-order valence-corrected chi connectivity index (χ2v) is 7.73. The van der Waals surface area contributed by atoms with Crippen LogP contribution in [0.25, 0.3) is 0 Å². The van der Waals surface area contributed by atoms with Crippen molar-refractivity contribution in [3.8, 4) is 11.5 Å². The predicted molar refractivity (Wildman–Crippen MR) is 110 cm³/mol. The molecule has 2 amide bonds. The van der Waals surface area contributed by atoms with Gasteiger partial charge in [-0.3, -0.25) is 9.59 Å². The maximum Gasteiger partial charge on any atom is 0.228 e. The zero-order chi connectivity index (χ0) is 21.3. The average Bonchev–Trinajstić information content (AvgIpc) is 3.53. The first-order chi connectivity index (χ1) is 14.5. The van der Waals surface area contributed by atoms with E-state index in [9.17, 15) is 14.0 Å². The lowest BCUT2D eigenvalue weighted by Gasteiger charge is -2.26. The number of hydrogen-bond acceptors (Lipinski definition) is 4. The molecule has 1 aliphatic carbocycles. The third-order valence-electron chi connectivity index (χ3n) is 5.72. The van der Waals surface area contributed by atoms with Crippen molar-refractivity contribution in [1.82, 2.24) is 4.90 Å². The Kier molecular flexibility index (Phi) is 5.61. The molecule has 0 aromatic heterocycles. The Bertz CT molecular complexity index is 960. The quantitative estimate of drug-likeness (QED) is 0.700. The minimum atomic E-state index is -0.491. The number of nitrogens with zero attached hydrogens (tertiary/aromatic N) is 2. The number of ether oxygens (including phenoxy) is 2. The first-order valence-electron chi connectivity index (χ1n) is 10.1. The molecule has 6 nitrogen and oxygen atoms in total. The second-order valence-electron chi connectivity index (χ2n) is 7.73. The van der Waals surface area contributed by atoms with Crippen LogP contribution in [0.5, 0.6) is 11.5 Å². The van der Waals surface area contributed by atoms with E-state index in [-0.39, 0.29) is 36.5 Å². The lowest BCUT2D eigenvalue weighted by molar-refractivity contribution is -0.137. The van der Waals surface area contributed by atoms with Crippen LogP contribution in [0.1, 0.15) is 24.8 Å². The molecule has 0 N–H and O–H groups in total. The van der Waals surface area contributed by atoms with Crippen molar-refractivity contribution in [1.29, 1.82) is 0 Å². The van der Waals surface area contributed by atoms with Crippen LogP contribution in [-0.4, -0.2) is 43.5 Å². The first kappa shape index (κ1) is 20.2. The second kappa shape index (κ2) is 8.34. The van der Waals surface area contributed by atoms with Gasteiger partial charge in [0.15, 0.2) is 0 Å². The number of rotatable bonds is 7. The van der Waals surface area contributed by atoms with Crippen LogP contribution in [-0.2, 0) is 16.1 Å². The lowest BCUT2D eigenvalue weighted by atomic mass is 10.1. The molecular weight excluding hydrogens is 387 g/mol. The molecule has 2 aliphatic rings. The molecular formula is C23H25FN2O4. The molecule has 0 bridgehead atoms. The number of methoxy groups -OCH3 is 2. The van der Waals surface area contributed by atoms with E-state index in [1.807, 2.05) is 23.1 Å². The monoisotopic (exact) mass is 412 g/mol. The van der Waals surface area contributed by atoms with Crippen molar-refractivity contribution in [2.75, 3.05) is 25.7 Å². The predicted octanol–water partition coefficient (Wildman–Crippen LogP) is 3.39. The molecule has 2 aromatic carbocycles. The van der Waals surface area contributed by atoms with E-state index in [1.165, 1.54) is 11.0 Å². The third-order valence-corrected chi connectivity index (χ3v) is 5.72. The number of carbonyl (C=O) groups excluding carboxylic acids is 2. The number of para-hydroxylation sites is 1. The van der Waals surface area contributed by atoms with Crippen molar-refractivity contribution in [3.05, 3.63) is 53.8 Å². The Morgan fingerprint density at radius 2 is 1.93 bits per heavy atom. The molecule has 1 saturated heterocycles. The topological polar surface area (TPSA) is 59.1 Å². The summed E-state index contributed by atoms with van der Waals surface area (Å²) in [5, 5.41) is 0. The summed E-state index contributed by atoms with van der Waals surface area (Å²) in [6.07, 6.45) is 1.97. The van der Waals surface area contributed by atoms with E-state index in [0.29, 0.717) is 18.0 Å². The van der Waals surface area contributed by atoms with Crippen molar-refractivity contribution < 1.29 is 23.5 Å². The highest BCUT2D eigenvalue weighted by atomic mass is 19.1. The van der Waals surface area contributed by atoms with E-state index in [4.69, 9.17) is 9.47 Å². The first-order valence-corrected chi connectivity index (χ1v) is 10.1. The van der Waals surface area contributed by atoms with Crippen molar-refractivity contribution in [2.24, 2.45) is 5.92 Å². The minimum Gasteiger partial charge on any atom is -0.497 e. The summed E-state index contributed by atoms with van der Waals surface area (Å²) in [6, 6.07) is 11.8. The number of halogens is 1. The normalized spacial score (nSPS) is 18.4. The lowest BCUT2D eigenvalue weighted by Crippen LogP contribution is -2.38. The van der Waals surface area contributed by atoms with E-state index in [0.717, 1.165) is 18.4 Å². The summed E-state index contributed by atoms with van der Waals surface area (Å²) in [5.74, 6) is 0.122. The van der Waals surface area contributed by atoms with E-state index in [2.05, 4.69) is 0 Å². The summed E-state index contributed by atoms with van der Waals surface area (Å²) in [4.78, 5) is 29.1. The average molecular weight is 412 g/mol. The summed E-state index contributed by atoms with van der Waals surface area (Å²) in [7, 11) is 3.19. The van der Waals surface area contributed by atoms with Crippen LogP contribution in [0.4, 0.5) is 10.1 Å². The fourth-order valence-electron chi connectivity index (χ4n) is 3.97. The minimum absolute atomic E-state index is 0.0745. The smallest absolute Gasteiger partial charge is 0.228 e. The molecule has 30 heavy (non-hydrogen) atoms. The fourth-order valence-corrected chi connectivity index (χ4v) is 3.97. The van der Waals surface area contributed by atoms with Gasteiger partial charge >= 0.3 is 0 Å². The highest BCUT2D eigenvalue weighted by Gasteiger charge is 2.42. The SMILES string of the molecule is COc1ccc(OC)c(CN(C(=O)C2CC(=O)N(c3ccccc3F)C2)C2CC2)c1. The molecule has 7 heteroatoms. The molecule has 1 atom stereocenters. The maximum atomic E-state index is 14.2. The number of carbonyl (C=O) groups is 2. The Morgan fingerprint density at radius 1 is 1.17 bits per heavy atom. The molecule has 1 saturated carbocycles. The molecule has 0 spiro atoms. The highest BCUT2D eigenvalue weighted by Crippen LogP contribution is 2.35. The Hall–Kier alpha value is -3.09. The van der Waals surface area contributed by atoms with Crippen molar-refractivity contribution in [2.45, 2.75) is 31.8 Å². The zero-order valence-corrected chi connectivity index (χ0v) is 17.1. The Labute approximate surface area is 175 Å². The van der Waals surface area contributed by atoms with Gasteiger partial charge < -0.3 is 19.3 Å². The molecule has 4 rings (SSSR count). The highest BCUT2D eigenvalue weighted by molar-refractivity contribution is 6.00. The van der Waals surface area contributed by atoms with Gasteiger partial charge in [0.2, 0.25) is 11.8 Å². The summed E-state index contributed by atoms with van der Waals surface area (Å²) in [5.41, 5.74) is 1.08. The van der Waals surface area contributed by atoms with E-state index in [1.54, 1.807) is 32.4 Å². The van der Waals surface area contributed by atoms with Crippen LogP contribution in [0.2, 0.25) is 0 Å². The molecule has 2 aromatic rings. The number of benzene rings is 2. The zero-order valence-electron chi connectivity index (χ0n) is 17.1. The molecule has 1 aliphatic heterocycles. The Balaban J connectivity index is 1.54. The Morgan fingerprint density at radius 3 is 2.60 bits per heavy atom. The molecule has 1 unspecified atom stereocenters. The number of anilines is 1. The third kappa shape index (κ3) is 3.97. The van der Waals surface area contributed by atoms with Gasteiger partial charge in [0.05, 0.1) is 25.8 Å².